The molecule has 0 spiro atoms. The summed E-state index contributed by atoms with van der Waals surface area (Å²) in [5.41, 5.74) is 8.25. The molecule has 0 bridgehead atoms. The van der Waals surface area contributed by atoms with E-state index < -0.39 is 34.6 Å². The second-order valence-electron chi connectivity index (χ2n) is 7.81. The first-order valence-corrected chi connectivity index (χ1v) is 11.3. The summed E-state index contributed by atoms with van der Waals surface area (Å²) in [6, 6.07) is 7.16. The summed E-state index contributed by atoms with van der Waals surface area (Å²) in [4.78, 5) is 37.6. The van der Waals surface area contributed by atoms with Crippen molar-refractivity contribution < 1.29 is 19.6 Å². The fourth-order valence-corrected chi connectivity index (χ4v) is 3.20. The van der Waals surface area contributed by atoms with Gasteiger partial charge in [-0.15, -0.1) is 23.2 Å². The molecule has 0 unspecified atom stereocenters. The molecule has 1 rings (SSSR count). The molecule has 0 fully saturated rings. The topological polar surface area (TPSA) is 116 Å². The highest BCUT2D eigenvalue weighted by Crippen LogP contribution is 2.19. The Hall–Kier alpha value is -2.13. The Balaban J connectivity index is 3.36. The van der Waals surface area contributed by atoms with Gasteiger partial charge in [0.05, 0.1) is 12.6 Å². The average Bonchev–Trinajstić information content (AvgIpc) is 2.75. The van der Waals surface area contributed by atoms with Gasteiger partial charge in [0.15, 0.2) is 0 Å². The maximum absolute atomic E-state index is 13.2. The molecule has 0 aliphatic rings. The fraction of sp³-hybridized carbons (Fsp3) is 0.500. The monoisotopic (exact) mass is 486 g/mol. The number of benzene rings is 1. The quantitative estimate of drug-likeness (QED) is 0.252. The van der Waals surface area contributed by atoms with Crippen LogP contribution in [0.1, 0.15) is 45.6 Å². The van der Waals surface area contributed by atoms with E-state index in [0.717, 1.165) is 15.6 Å². The standard InChI is InChI=1S/C22H32Cl2N4O4/c1-15(2)12-13-20(29)28(27(14-19(23)24)22(31)16(3)25)18(21(30)26-32)11-7-10-17-8-5-4-6-9-17/h4-10,15-16,18-19,32H,11-14,25H2,1-3H3,(H,26,30)/t16-,18+/m1/s1. The number of alkyl halides is 2. The maximum Gasteiger partial charge on any atom is 0.268 e. The summed E-state index contributed by atoms with van der Waals surface area (Å²) in [6.45, 7) is 5.11. The Morgan fingerprint density at radius 2 is 1.78 bits per heavy atom. The minimum Gasteiger partial charge on any atom is -0.320 e. The summed E-state index contributed by atoms with van der Waals surface area (Å²) in [7, 11) is 0. The van der Waals surface area contributed by atoms with Gasteiger partial charge in [0.25, 0.3) is 11.8 Å². The second kappa shape index (κ2) is 14.1. The molecule has 3 amide bonds. The van der Waals surface area contributed by atoms with Gasteiger partial charge >= 0.3 is 0 Å². The number of carbonyl (C=O) groups is 3. The highest BCUT2D eigenvalue weighted by Gasteiger charge is 2.37. The number of nitrogens with two attached hydrogens (primary N) is 1. The number of carbonyl (C=O) groups excluding carboxylic acids is 3. The number of halogens is 2. The lowest BCUT2D eigenvalue weighted by atomic mass is 10.1. The van der Waals surface area contributed by atoms with Gasteiger partial charge in [0, 0.05) is 6.42 Å². The van der Waals surface area contributed by atoms with E-state index >= 15 is 0 Å². The van der Waals surface area contributed by atoms with Crippen LogP contribution in [0.15, 0.2) is 36.4 Å². The largest absolute Gasteiger partial charge is 0.320 e. The molecular weight excluding hydrogens is 455 g/mol. The summed E-state index contributed by atoms with van der Waals surface area (Å²) >= 11 is 11.9. The van der Waals surface area contributed by atoms with Crippen LogP contribution >= 0.6 is 23.2 Å². The molecule has 0 heterocycles. The Morgan fingerprint density at radius 1 is 1.16 bits per heavy atom. The summed E-state index contributed by atoms with van der Waals surface area (Å²) in [6.07, 6.45) is 4.09. The first-order valence-electron chi connectivity index (χ1n) is 10.4. The zero-order valence-corrected chi connectivity index (χ0v) is 20.1. The molecule has 2 atom stereocenters. The van der Waals surface area contributed by atoms with Gasteiger partial charge in [0.2, 0.25) is 5.91 Å². The Bertz CT molecular complexity index is 772. The lowest BCUT2D eigenvalue weighted by molar-refractivity contribution is -0.174. The van der Waals surface area contributed by atoms with Crippen LogP contribution in [0.4, 0.5) is 0 Å². The van der Waals surface area contributed by atoms with Crippen molar-refractivity contribution in [3.63, 3.8) is 0 Å². The molecule has 8 nitrogen and oxygen atoms in total. The highest BCUT2D eigenvalue weighted by atomic mass is 35.5. The molecule has 0 aliphatic heterocycles. The normalized spacial score (nSPS) is 13.3. The van der Waals surface area contributed by atoms with Crippen molar-refractivity contribution in [1.82, 2.24) is 15.5 Å². The van der Waals surface area contributed by atoms with Crippen molar-refractivity contribution in [2.45, 2.75) is 57.0 Å². The molecule has 178 valence electrons. The molecule has 0 saturated carbocycles. The van der Waals surface area contributed by atoms with Crippen molar-refractivity contribution in [1.29, 1.82) is 0 Å². The van der Waals surface area contributed by atoms with Crippen molar-refractivity contribution in [3.8, 4) is 0 Å². The van der Waals surface area contributed by atoms with Gasteiger partial charge < -0.3 is 5.73 Å². The number of hydrogen-bond donors (Lipinski definition) is 3. The molecule has 0 aliphatic carbocycles. The number of rotatable bonds is 11. The van der Waals surface area contributed by atoms with Crippen LogP contribution in [-0.2, 0) is 14.4 Å². The molecule has 0 radical (unpaired) electrons. The first-order chi connectivity index (χ1) is 15.1. The van der Waals surface area contributed by atoms with E-state index in [2.05, 4.69) is 0 Å². The molecule has 32 heavy (non-hydrogen) atoms. The Morgan fingerprint density at radius 3 is 2.28 bits per heavy atom. The predicted molar refractivity (Wildman–Crippen MR) is 126 cm³/mol. The first kappa shape index (κ1) is 27.9. The maximum atomic E-state index is 13.2. The molecule has 1 aromatic rings. The number of nitrogens with one attached hydrogen (secondary N) is 1. The van der Waals surface area contributed by atoms with Crippen molar-refractivity contribution in [2.75, 3.05) is 6.54 Å². The van der Waals surface area contributed by atoms with Crippen LogP contribution in [0.5, 0.6) is 0 Å². The van der Waals surface area contributed by atoms with Crippen LogP contribution in [-0.4, -0.2) is 56.4 Å². The van der Waals surface area contributed by atoms with E-state index in [1.54, 1.807) is 17.6 Å². The molecule has 10 heteroatoms. The molecule has 0 saturated heterocycles. The summed E-state index contributed by atoms with van der Waals surface area (Å²) in [5, 5.41) is 11.4. The Labute approximate surface area is 199 Å². The van der Waals surface area contributed by atoms with E-state index in [4.69, 9.17) is 28.9 Å². The van der Waals surface area contributed by atoms with Crippen LogP contribution < -0.4 is 11.2 Å². The van der Waals surface area contributed by atoms with Crippen molar-refractivity contribution in [3.05, 3.63) is 42.0 Å². The number of hydroxylamine groups is 1. The zero-order valence-electron chi connectivity index (χ0n) is 18.6. The number of hydrogen-bond acceptors (Lipinski definition) is 5. The number of nitrogens with zero attached hydrogens (tertiary/aromatic N) is 2. The Kier molecular flexibility index (Phi) is 12.3. The highest BCUT2D eigenvalue weighted by molar-refractivity contribution is 6.44. The average molecular weight is 487 g/mol. The fourth-order valence-electron chi connectivity index (χ4n) is 2.94. The third-order valence-corrected chi connectivity index (χ3v) is 4.86. The van der Waals surface area contributed by atoms with E-state index in [-0.39, 0.29) is 25.3 Å². The van der Waals surface area contributed by atoms with Gasteiger partial charge in [-0.1, -0.05) is 56.3 Å². The second-order valence-corrected chi connectivity index (χ2v) is 9.09. The van der Waals surface area contributed by atoms with Gasteiger partial charge in [-0.05, 0) is 31.2 Å². The lowest BCUT2D eigenvalue weighted by Crippen LogP contribution is -2.61. The van der Waals surface area contributed by atoms with Gasteiger partial charge in [-0.2, -0.15) is 0 Å². The van der Waals surface area contributed by atoms with E-state index in [1.165, 1.54) is 6.92 Å². The number of hydrazine groups is 1. The van der Waals surface area contributed by atoms with Crippen LogP contribution in [0.2, 0.25) is 0 Å². The van der Waals surface area contributed by atoms with Gasteiger partial charge in [-0.25, -0.2) is 15.5 Å². The molecule has 4 N–H and O–H groups in total. The van der Waals surface area contributed by atoms with Crippen LogP contribution in [0, 0.1) is 5.92 Å². The third-order valence-electron chi connectivity index (χ3n) is 4.58. The minimum absolute atomic E-state index is 0.0205. The lowest BCUT2D eigenvalue weighted by Gasteiger charge is -2.40. The third kappa shape index (κ3) is 9.16. The van der Waals surface area contributed by atoms with E-state index in [0.29, 0.717) is 6.42 Å². The van der Waals surface area contributed by atoms with Crippen molar-refractivity contribution in [2.24, 2.45) is 11.7 Å². The van der Waals surface area contributed by atoms with Crippen molar-refractivity contribution >= 4 is 47.0 Å². The van der Waals surface area contributed by atoms with Crippen LogP contribution in [0.25, 0.3) is 6.08 Å². The molecule has 0 aromatic heterocycles. The van der Waals surface area contributed by atoms with Gasteiger partial charge in [0.1, 0.15) is 10.9 Å². The number of amides is 3. The summed E-state index contributed by atoms with van der Waals surface area (Å²) < 4.78 is 0. The SMILES string of the molecule is CC(C)CCC(=O)N([C@@H](CC=Cc1ccccc1)C(=O)NO)N(CC(Cl)Cl)C(=O)[C@@H](C)N. The molecule has 1 aromatic carbocycles. The zero-order chi connectivity index (χ0) is 24.3. The predicted octanol–water partition coefficient (Wildman–Crippen LogP) is 3.12. The minimum atomic E-state index is -1.23. The van der Waals surface area contributed by atoms with Crippen LogP contribution in [0.3, 0.4) is 0 Å². The van der Waals surface area contributed by atoms with Gasteiger partial charge in [-0.3, -0.25) is 19.6 Å². The van der Waals surface area contributed by atoms with E-state index in [9.17, 15) is 19.6 Å². The molecular formula is C22H32Cl2N4O4. The summed E-state index contributed by atoms with van der Waals surface area (Å²) in [5.74, 6) is -1.75. The smallest absolute Gasteiger partial charge is 0.268 e. The van der Waals surface area contributed by atoms with E-state index in [1.807, 2.05) is 44.2 Å².